The predicted molar refractivity (Wildman–Crippen MR) is 92.4 cm³/mol. The van der Waals surface area contributed by atoms with Gasteiger partial charge in [0.1, 0.15) is 5.82 Å². The van der Waals surface area contributed by atoms with Crippen LogP contribution in [0.1, 0.15) is 29.8 Å². The van der Waals surface area contributed by atoms with E-state index in [2.05, 4.69) is 5.32 Å². The second-order valence-corrected chi connectivity index (χ2v) is 5.41. The van der Waals surface area contributed by atoms with Crippen LogP contribution in [0.5, 0.6) is 0 Å². The van der Waals surface area contributed by atoms with Crippen LogP contribution in [0.4, 0.5) is 10.1 Å². The molecule has 0 bridgehead atoms. The SMILES string of the molecule is CCN(CC)C(=O)c1cccc(NC(=O)Cc2cccc(F)c2)c1. The minimum Gasteiger partial charge on any atom is -0.339 e. The van der Waals surface area contributed by atoms with Crippen LogP contribution in [0.3, 0.4) is 0 Å². The number of carbonyl (C=O) groups is 2. The van der Waals surface area contributed by atoms with E-state index in [-0.39, 0.29) is 24.1 Å². The molecule has 2 rings (SSSR count). The quantitative estimate of drug-likeness (QED) is 0.882. The number of benzene rings is 2. The number of hydrogen-bond donors (Lipinski definition) is 1. The van der Waals surface area contributed by atoms with E-state index in [0.717, 1.165) is 0 Å². The lowest BCUT2D eigenvalue weighted by Crippen LogP contribution is -2.30. The van der Waals surface area contributed by atoms with Gasteiger partial charge in [-0.25, -0.2) is 4.39 Å². The van der Waals surface area contributed by atoms with Crippen LogP contribution in [0, 0.1) is 5.82 Å². The predicted octanol–water partition coefficient (Wildman–Crippen LogP) is 3.49. The maximum atomic E-state index is 13.2. The molecule has 0 aliphatic carbocycles. The van der Waals surface area contributed by atoms with Crippen LogP contribution < -0.4 is 5.32 Å². The van der Waals surface area contributed by atoms with E-state index >= 15 is 0 Å². The third-order valence-electron chi connectivity index (χ3n) is 3.70. The molecule has 0 saturated heterocycles. The minimum atomic E-state index is -0.368. The summed E-state index contributed by atoms with van der Waals surface area (Å²) in [4.78, 5) is 26.2. The van der Waals surface area contributed by atoms with Gasteiger partial charge < -0.3 is 10.2 Å². The number of hydrogen-bond acceptors (Lipinski definition) is 2. The summed E-state index contributed by atoms with van der Waals surface area (Å²) in [5.74, 6) is -0.693. The lowest BCUT2D eigenvalue weighted by Gasteiger charge is -2.19. The molecule has 0 unspecified atom stereocenters. The van der Waals surface area contributed by atoms with Crippen LogP contribution in [-0.4, -0.2) is 29.8 Å². The Morgan fingerprint density at radius 1 is 1.04 bits per heavy atom. The molecule has 0 heterocycles. The molecule has 4 nitrogen and oxygen atoms in total. The zero-order valence-corrected chi connectivity index (χ0v) is 13.9. The Morgan fingerprint density at radius 2 is 1.75 bits per heavy atom. The summed E-state index contributed by atoms with van der Waals surface area (Å²) >= 11 is 0. The fourth-order valence-corrected chi connectivity index (χ4v) is 2.46. The van der Waals surface area contributed by atoms with Gasteiger partial charge in [-0.2, -0.15) is 0 Å². The molecule has 0 atom stereocenters. The summed E-state index contributed by atoms with van der Waals surface area (Å²) in [6, 6.07) is 12.8. The van der Waals surface area contributed by atoms with E-state index in [0.29, 0.717) is 29.9 Å². The lowest BCUT2D eigenvalue weighted by molar-refractivity contribution is -0.115. The molecule has 2 aromatic rings. The highest BCUT2D eigenvalue weighted by Crippen LogP contribution is 2.14. The van der Waals surface area contributed by atoms with Crippen molar-refractivity contribution in [1.29, 1.82) is 0 Å². The van der Waals surface area contributed by atoms with Crippen molar-refractivity contribution in [2.24, 2.45) is 0 Å². The zero-order valence-electron chi connectivity index (χ0n) is 13.9. The van der Waals surface area contributed by atoms with Gasteiger partial charge in [-0.05, 0) is 49.7 Å². The molecule has 1 N–H and O–H groups in total. The maximum absolute atomic E-state index is 13.2. The summed E-state index contributed by atoms with van der Waals surface area (Å²) in [7, 11) is 0. The van der Waals surface area contributed by atoms with Gasteiger partial charge in [-0.15, -0.1) is 0 Å². The van der Waals surface area contributed by atoms with Crippen molar-refractivity contribution in [3.05, 3.63) is 65.5 Å². The smallest absolute Gasteiger partial charge is 0.253 e. The van der Waals surface area contributed by atoms with Crippen molar-refractivity contribution >= 4 is 17.5 Å². The van der Waals surface area contributed by atoms with Gasteiger partial charge in [0.25, 0.3) is 5.91 Å². The van der Waals surface area contributed by atoms with Crippen molar-refractivity contribution < 1.29 is 14.0 Å². The highest BCUT2D eigenvalue weighted by Gasteiger charge is 2.13. The first kappa shape index (κ1) is 17.7. The van der Waals surface area contributed by atoms with Crippen molar-refractivity contribution in [3.63, 3.8) is 0 Å². The molecule has 0 spiro atoms. The summed E-state index contributed by atoms with van der Waals surface area (Å²) in [5.41, 5.74) is 1.68. The molecule has 0 radical (unpaired) electrons. The normalized spacial score (nSPS) is 10.3. The Labute approximate surface area is 141 Å². The van der Waals surface area contributed by atoms with E-state index in [1.807, 2.05) is 13.8 Å². The summed E-state index contributed by atoms with van der Waals surface area (Å²) in [6.45, 7) is 5.11. The fourth-order valence-electron chi connectivity index (χ4n) is 2.46. The zero-order chi connectivity index (χ0) is 17.5. The van der Waals surface area contributed by atoms with Crippen LogP contribution >= 0.6 is 0 Å². The molecule has 0 fully saturated rings. The number of nitrogens with zero attached hydrogens (tertiary/aromatic N) is 1. The summed E-state index contributed by atoms with van der Waals surface area (Å²) < 4.78 is 13.2. The molecular weight excluding hydrogens is 307 g/mol. The lowest BCUT2D eigenvalue weighted by atomic mass is 10.1. The van der Waals surface area contributed by atoms with Gasteiger partial charge in [0, 0.05) is 24.3 Å². The number of carbonyl (C=O) groups excluding carboxylic acids is 2. The molecule has 0 aliphatic rings. The van der Waals surface area contributed by atoms with Gasteiger partial charge in [-0.1, -0.05) is 18.2 Å². The Hall–Kier alpha value is -2.69. The Bertz CT molecular complexity index is 727. The molecule has 2 aromatic carbocycles. The Balaban J connectivity index is 2.06. The molecule has 5 heteroatoms. The van der Waals surface area contributed by atoms with E-state index in [1.54, 1.807) is 41.3 Å². The van der Waals surface area contributed by atoms with Gasteiger partial charge >= 0.3 is 0 Å². The van der Waals surface area contributed by atoms with E-state index < -0.39 is 0 Å². The van der Waals surface area contributed by atoms with Crippen LogP contribution in [0.25, 0.3) is 0 Å². The van der Waals surface area contributed by atoms with Crippen molar-refractivity contribution in [2.75, 3.05) is 18.4 Å². The average Bonchev–Trinajstić information content (AvgIpc) is 2.56. The first-order valence-corrected chi connectivity index (χ1v) is 7.97. The standard InChI is InChI=1S/C19H21FN2O2/c1-3-22(4-2)19(24)15-8-6-10-17(13-15)21-18(23)12-14-7-5-9-16(20)11-14/h5-11,13H,3-4,12H2,1-2H3,(H,21,23). The number of nitrogens with one attached hydrogen (secondary N) is 1. The maximum Gasteiger partial charge on any atom is 0.253 e. The number of rotatable bonds is 6. The number of amides is 2. The van der Waals surface area contributed by atoms with Gasteiger partial charge in [0.05, 0.1) is 6.42 Å². The van der Waals surface area contributed by atoms with Gasteiger partial charge in [0.2, 0.25) is 5.91 Å². The van der Waals surface area contributed by atoms with Gasteiger partial charge in [-0.3, -0.25) is 9.59 Å². The van der Waals surface area contributed by atoms with Gasteiger partial charge in [0.15, 0.2) is 0 Å². The van der Waals surface area contributed by atoms with Crippen LogP contribution in [-0.2, 0) is 11.2 Å². The minimum absolute atomic E-state index is 0.0683. The monoisotopic (exact) mass is 328 g/mol. The number of anilines is 1. The van der Waals surface area contributed by atoms with Crippen LogP contribution in [0.2, 0.25) is 0 Å². The topological polar surface area (TPSA) is 49.4 Å². The molecule has 2 amide bonds. The van der Waals surface area contributed by atoms with Crippen molar-refractivity contribution in [3.8, 4) is 0 Å². The summed E-state index contributed by atoms with van der Waals surface area (Å²) in [6.07, 6.45) is 0.0754. The largest absolute Gasteiger partial charge is 0.339 e. The molecule has 0 saturated carbocycles. The highest BCUT2D eigenvalue weighted by molar-refractivity contribution is 5.97. The molecule has 126 valence electrons. The van der Waals surface area contributed by atoms with Crippen LogP contribution in [0.15, 0.2) is 48.5 Å². The molecule has 0 aromatic heterocycles. The summed E-state index contributed by atoms with van der Waals surface area (Å²) in [5, 5.41) is 2.75. The van der Waals surface area contributed by atoms with Crippen molar-refractivity contribution in [2.45, 2.75) is 20.3 Å². The first-order valence-electron chi connectivity index (χ1n) is 7.97. The average molecular weight is 328 g/mol. The Kier molecular flexibility index (Phi) is 6.07. The molecule has 0 aliphatic heterocycles. The Morgan fingerprint density at radius 3 is 2.42 bits per heavy atom. The van der Waals surface area contributed by atoms with E-state index in [9.17, 15) is 14.0 Å². The number of halogens is 1. The second kappa shape index (κ2) is 8.24. The fraction of sp³-hybridized carbons (Fsp3) is 0.263. The third-order valence-corrected chi connectivity index (χ3v) is 3.70. The second-order valence-electron chi connectivity index (χ2n) is 5.41. The molecule has 24 heavy (non-hydrogen) atoms. The van der Waals surface area contributed by atoms with E-state index in [1.165, 1.54) is 12.1 Å². The van der Waals surface area contributed by atoms with Crippen molar-refractivity contribution in [1.82, 2.24) is 4.90 Å². The third kappa shape index (κ3) is 4.65. The van der Waals surface area contributed by atoms with E-state index in [4.69, 9.17) is 0 Å². The molecular formula is C19H21FN2O2. The first-order chi connectivity index (χ1) is 11.5. The highest BCUT2D eigenvalue weighted by atomic mass is 19.1.